The maximum atomic E-state index is 10.6. The van der Waals surface area contributed by atoms with Crippen LogP contribution in [0.25, 0.3) is 22.7 Å². The van der Waals surface area contributed by atoms with Crippen molar-refractivity contribution in [1.29, 1.82) is 5.26 Å². The zero-order valence-corrected chi connectivity index (χ0v) is 14.6. The predicted molar refractivity (Wildman–Crippen MR) is 97.7 cm³/mol. The lowest BCUT2D eigenvalue weighted by molar-refractivity contribution is -0.307. The number of benzene rings is 2. The number of ether oxygens (including phenoxy) is 2. The van der Waals surface area contributed by atoms with Crippen LogP contribution in [-0.2, 0) is 4.79 Å². The van der Waals surface area contributed by atoms with E-state index in [0.717, 1.165) is 11.0 Å². The number of para-hydroxylation sites is 2. The van der Waals surface area contributed by atoms with Gasteiger partial charge in [0.15, 0.2) is 11.5 Å². The molecule has 0 radical (unpaired) electrons. The normalized spacial score (nSPS) is 11.2. The van der Waals surface area contributed by atoms with Crippen LogP contribution in [0.2, 0.25) is 0 Å². The highest BCUT2D eigenvalue weighted by Gasteiger charge is 2.10. The first-order valence-electron chi connectivity index (χ1n) is 8.27. The number of carboxylic acid groups (broad SMARTS) is 1. The van der Waals surface area contributed by atoms with E-state index in [1.807, 2.05) is 24.3 Å². The molecule has 7 nitrogen and oxygen atoms in total. The second-order valence-corrected chi connectivity index (χ2v) is 5.57. The summed E-state index contributed by atoms with van der Waals surface area (Å²) < 4.78 is 10.7. The molecule has 0 aliphatic rings. The molecular weight excluding hydrogens is 346 g/mol. The maximum absolute atomic E-state index is 10.6. The van der Waals surface area contributed by atoms with Gasteiger partial charge in [0.1, 0.15) is 18.5 Å². The number of nitrogens with zero attached hydrogens (tertiary/aromatic N) is 2. The van der Waals surface area contributed by atoms with Crippen molar-refractivity contribution in [2.45, 2.75) is 6.92 Å². The fourth-order valence-corrected chi connectivity index (χ4v) is 2.54. The third kappa shape index (κ3) is 4.25. The number of fused-ring (bicyclic) bond motifs is 1. The first-order valence-corrected chi connectivity index (χ1v) is 8.27. The molecule has 3 rings (SSSR count). The number of carbonyl (C=O) groups excluding carboxylic acids is 1. The van der Waals surface area contributed by atoms with Crippen molar-refractivity contribution in [1.82, 2.24) is 9.97 Å². The lowest BCUT2D eigenvalue weighted by Crippen LogP contribution is -2.29. The summed E-state index contributed by atoms with van der Waals surface area (Å²) in [5.74, 6) is -0.179. The van der Waals surface area contributed by atoms with Crippen LogP contribution in [0, 0.1) is 11.3 Å². The summed E-state index contributed by atoms with van der Waals surface area (Å²) in [7, 11) is 0. The Hall–Kier alpha value is -3.79. The average molecular weight is 362 g/mol. The first-order chi connectivity index (χ1) is 13.1. The summed E-state index contributed by atoms with van der Waals surface area (Å²) in [6.07, 6.45) is 1.67. The van der Waals surface area contributed by atoms with Gasteiger partial charge in [-0.1, -0.05) is 18.2 Å². The molecule has 0 aliphatic heterocycles. The molecule has 1 aromatic heterocycles. The largest absolute Gasteiger partial charge is 0.546 e. The van der Waals surface area contributed by atoms with Gasteiger partial charge in [0, 0.05) is 0 Å². The second kappa shape index (κ2) is 8.06. The Kier molecular flexibility index (Phi) is 5.38. The molecule has 27 heavy (non-hydrogen) atoms. The minimum atomic E-state index is -1.32. The topological polar surface area (TPSA) is 111 Å². The number of carbonyl (C=O) groups is 1. The van der Waals surface area contributed by atoms with Crippen LogP contribution in [0.5, 0.6) is 11.5 Å². The molecule has 7 heteroatoms. The molecule has 0 spiro atoms. The molecule has 0 amide bonds. The number of H-pyrrole nitrogens is 1. The van der Waals surface area contributed by atoms with E-state index >= 15 is 0 Å². The molecule has 1 heterocycles. The summed E-state index contributed by atoms with van der Waals surface area (Å²) in [5, 5.41) is 20.1. The third-order valence-electron chi connectivity index (χ3n) is 3.69. The smallest absolute Gasteiger partial charge is 0.161 e. The Bertz CT molecular complexity index is 1010. The Morgan fingerprint density at radius 2 is 2.07 bits per heavy atom. The van der Waals surface area contributed by atoms with Gasteiger partial charge in [-0.3, -0.25) is 0 Å². The quantitative estimate of drug-likeness (QED) is 0.645. The zero-order chi connectivity index (χ0) is 19.2. The molecule has 0 aliphatic carbocycles. The second-order valence-electron chi connectivity index (χ2n) is 5.57. The van der Waals surface area contributed by atoms with Crippen molar-refractivity contribution in [3.63, 3.8) is 0 Å². The number of allylic oxidation sites excluding steroid dienone is 1. The number of aliphatic carboxylic acids is 1. The van der Waals surface area contributed by atoms with Gasteiger partial charge in [-0.05, 0) is 42.8 Å². The Morgan fingerprint density at radius 3 is 2.78 bits per heavy atom. The fraction of sp³-hybridized carbons (Fsp3) is 0.150. The minimum Gasteiger partial charge on any atom is -0.546 e. The van der Waals surface area contributed by atoms with E-state index in [9.17, 15) is 15.2 Å². The van der Waals surface area contributed by atoms with E-state index in [-0.39, 0.29) is 0 Å². The Morgan fingerprint density at radius 1 is 1.26 bits per heavy atom. The van der Waals surface area contributed by atoms with Gasteiger partial charge in [-0.25, -0.2) is 4.98 Å². The van der Waals surface area contributed by atoms with Crippen LogP contribution in [0.15, 0.2) is 42.5 Å². The molecule has 0 saturated carbocycles. The first kappa shape index (κ1) is 18.0. The number of aromatic amines is 1. The number of nitrogens with one attached hydrogen (secondary N) is 1. The van der Waals surface area contributed by atoms with Crippen molar-refractivity contribution in [3.8, 4) is 17.6 Å². The molecule has 0 unspecified atom stereocenters. The lowest BCUT2D eigenvalue weighted by atomic mass is 10.1. The summed E-state index contributed by atoms with van der Waals surface area (Å²) >= 11 is 0. The van der Waals surface area contributed by atoms with E-state index < -0.39 is 12.6 Å². The number of aromatic nitrogens is 2. The summed E-state index contributed by atoms with van der Waals surface area (Å²) in [4.78, 5) is 18.1. The molecule has 136 valence electrons. The number of hydrogen-bond acceptors (Lipinski definition) is 6. The molecular formula is C20H16N3O4-. The van der Waals surface area contributed by atoms with Crippen LogP contribution in [0.3, 0.4) is 0 Å². The third-order valence-corrected chi connectivity index (χ3v) is 3.69. The van der Waals surface area contributed by atoms with Gasteiger partial charge >= 0.3 is 0 Å². The number of nitriles is 1. The van der Waals surface area contributed by atoms with Gasteiger partial charge in [0.05, 0.1) is 29.2 Å². The highest BCUT2D eigenvalue weighted by Crippen LogP contribution is 2.30. The van der Waals surface area contributed by atoms with E-state index in [1.165, 1.54) is 0 Å². The molecule has 1 N–H and O–H groups in total. The summed E-state index contributed by atoms with van der Waals surface area (Å²) in [6.45, 7) is 1.61. The van der Waals surface area contributed by atoms with E-state index in [4.69, 9.17) is 9.47 Å². The van der Waals surface area contributed by atoms with Crippen LogP contribution < -0.4 is 14.6 Å². The van der Waals surface area contributed by atoms with Crippen molar-refractivity contribution >= 4 is 28.7 Å². The van der Waals surface area contributed by atoms with Crippen molar-refractivity contribution < 1.29 is 19.4 Å². The van der Waals surface area contributed by atoms with Gasteiger partial charge < -0.3 is 24.4 Å². The number of carboxylic acids is 1. The van der Waals surface area contributed by atoms with Crippen molar-refractivity contribution in [2.24, 2.45) is 0 Å². The van der Waals surface area contributed by atoms with Crippen LogP contribution in [0.4, 0.5) is 0 Å². The Balaban J connectivity index is 1.94. The predicted octanol–water partition coefficient (Wildman–Crippen LogP) is 2.15. The molecule has 2 aromatic carbocycles. The van der Waals surface area contributed by atoms with Crippen LogP contribution >= 0.6 is 0 Å². The van der Waals surface area contributed by atoms with E-state index in [1.54, 1.807) is 31.2 Å². The molecule has 0 saturated heterocycles. The standard InChI is InChI=1S/C20H17N3O4/c1-2-26-18-10-13(7-8-17(18)27-12-19(24)25)9-14(11-21)20-22-15-5-3-4-6-16(15)23-20/h3-10H,2,12H2,1H3,(H,22,23)(H,24,25)/p-1/b14-9-. The lowest BCUT2D eigenvalue weighted by Gasteiger charge is -2.13. The SMILES string of the molecule is CCOc1cc(/C=C(/C#N)c2nc3ccccc3[nH]2)ccc1OCC(=O)[O-]. The number of imidazole rings is 1. The van der Waals surface area contributed by atoms with Crippen LogP contribution in [0.1, 0.15) is 18.3 Å². The average Bonchev–Trinajstić information content (AvgIpc) is 3.09. The zero-order valence-electron chi connectivity index (χ0n) is 14.6. The van der Waals surface area contributed by atoms with E-state index in [2.05, 4.69) is 16.0 Å². The van der Waals surface area contributed by atoms with Gasteiger partial charge in [0.25, 0.3) is 0 Å². The number of hydrogen-bond donors (Lipinski definition) is 1. The minimum absolute atomic E-state index is 0.292. The monoisotopic (exact) mass is 362 g/mol. The summed E-state index contributed by atoms with van der Waals surface area (Å²) in [5.41, 5.74) is 2.66. The molecule has 0 bridgehead atoms. The molecule has 3 aromatic rings. The van der Waals surface area contributed by atoms with Crippen LogP contribution in [-0.4, -0.2) is 29.2 Å². The van der Waals surface area contributed by atoms with Crippen molar-refractivity contribution in [2.75, 3.05) is 13.2 Å². The van der Waals surface area contributed by atoms with Gasteiger partial charge in [-0.15, -0.1) is 0 Å². The Labute approximate surface area is 155 Å². The number of rotatable bonds is 7. The molecule has 0 fully saturated rings. The molecule has 0 atom stereocenters. The van der Waals surface area contributed by atoms with Gasteiger partial charge in [-0.2, -0.15) is 5.26 Å². The summed E-state index contributed by atoms with van der Waals surface area (Å²) in [6, 6.07) is 14.6. The maximum Gasteiger partial charge on any atom is 0.161 e. The van der Waals surface area contributed by atoms with Crippen molar-refractivity contribution in [3.05, 3.63) is 53.9 Å². The van der Waals surface area contributed by atoms with E-state index in [0.29, 0.717) is 35.1 Å². The highest BCUT2D eigenvalue weighted by atomic mass is 16.5. The highest BCUT2D eigenvalue weighted by molar-refractivity contribution is 5.90. The fourth-order valence-electron chi connectivity index (χ4n) is 2.54. The van der Waals surface area contributed by atoms with Gasteiger partial charge in [0.2, 0.25) is 0 Å².